The number of aromatic nitrogens is 5. The molecule has 0 unspecified atom stereocenters. The molecule has 5 aromatic rings. The lowest BCUT2D eigenvalue weighted by Crippen LogP contribution is -2.23. The predicted molar refractivity (Wildman–Crippen MR) is 126 cm³/mol. The van der Waals surface area contributed by atoms with E-state index in [-0.39, 0.29) is 5.56 Å². The van der Waals surface area contributed by atoms with Gasteiger partial charge in [0.15, 0.2) is 0 Å². The van der Waals surface area contributed by atoms with Gasteiger partial charge in [-0.2, -0.15) is 13.8 Å². The van der Waals surface area contributed by atoms with E-state index in [9.17, 15) is 8.78 Å². The van der Waals surface area contributed by atoms with Crippen LogP contribution >= 0.6 is 0 Å². The third-order valence-corrected chi connectivity index (χ3v) is 5.77. The van der Waals surface area contributed by atoms with E-state index in [4.69, 9.17) is 4.98 Å². The molecule has 4 heterocycles. The summed E-state index contributed by atoms with van der Waals surface area (Å²) in [6, 6.07) is 23.6. The normalized spacial score (nSPS) is 11.5. The molecule has 168 valence electrons. The van der Waals surface area contributed by atoms with E-state index in [2.05, 4.69) is 15.0 Å². The Morgan fingerprint density at radius 2 is 1.47 bits per heavy atom. The Morgan fingerprint density at radius 3 is 2.24 bits per heavy atom. The molecule has 0 aliphatic rings. The van der Waals surface area contributed by atoms with Gasteiger partial charge in [-0.25, -0.2) is 9.97 Å². The number of hydrogen-bond donors (Lipinski definition) is 0. The molecule has 34 heavy (non-hydrogen) atoms. The summed E-state index contributed by atoms with van der Waals surface area (Å²) in [6.07, 6.45) is 3.63. The Hall–Kier alpha value is -4.26. The lowest BCUT2D eigenvalue weighted by atomic mass is 9.84. The van der Waals surface area contributed by atoms with E-state index in [1.165, 1.54) is 6.07 Å². The van der Waals surface area contributed by atoms with E-state index in [1.54, 1.807) is 18.3 Å². The average molecular weight is 453 g/mol. The topological polar surface area (TPSA) is 56.5 Å². The van der Waals surface area contributed by atoms with Crippen LogP contribution in [0, 0.1) is 11.9 Å². The zero-order valence-electron chi connectivity index (χ0n) is 18.7. The van der Waals surface area contributed by atoms with Crippen molar-refractivity contribution < 1.29 is 8.78 Å². The van der Waals surface area contributed by atoms with Gasteiger partial charge >= 0.3 is 0 Å². The number of rotatable bonds is 5. The molecule has 4 aromatic heterocycles. The lowest BCUT2D eigenvalue weighted by molar-refractivity contribution is 0.514. The SMILES string of the molecule is CC(C)(c1cccc(-c2ccc(F)nc2F)n1)c1cccc(-n2ccnc2-c2ccccc2)n1. The maximum Gasteiger partial charge on any atom is 0.224 e. The Bertz CT molecular complexity index is 1460. The number of imidazole rings is 1. The Labute approximate surface area is 195 Å². The fourth-order valence-corrected chi connectivity index (χ4v) is 3.86. The van der Waals surface area contributed by atoms with Gasteiger partial charge in [0.2, 0.25) is 11.9 Å². The van der Waals surface area contributed by atoms with Crippen LogP contribution in [0.3, 0.4) is 0 Å². The largest absolute Gasteiger partial charge is 0.284 e. The number of nitrogens with zero attached hydrogens (tertiary/aromatic N) is 5. The summed E-state index contributed by atoms with van der Waals surface area (Å²) in [7, 11) is 0. The van der Waals surface area contributed by atoms with Crippen LogP contribution in [0.25, 0.3) is 28.5 Å². The average Bonchev–Trinajstić information content (AvgIpc) is 3.35. The molecule has 0 spiro atoms. The van der Waals surface area contributed by atoms with E-state index >= 15 is 0 Å². The van der Waals surface area contributed by atoms with Crippen molar-refractivity contribution in [2.45, 2.75) is 19.3 Å². The molecule has 0 aliphatic heterocycles. The minimum absolute atomic E-state index is 0.145. The minimum atomic E-state index is -0.892. The Morgan fingerprint density at radius 1 is 0.735 bits per heavy atom. The first-order valence-electron chi connectivity index (χ1n) is 10.8. The molecule has 0 aliphatic carbocycles. The van der Waals surface area contributed by atoms with Crippen molar-refractivity contribution in [1.82, 2.24) is 24.5 Å². The van der Waals surface area contributed by atoms with Crippen LogP contribution in [0.2, 0.25) is 0 Å². The van der Waals surface area contributed by atoms with Gasteiger partial charge in [-0.05, 0) is 50.2 Å². The van der Waals surface area contributed by atoms with Crippen molar-refractivity contribution in [3.05, 3.63) is 115 Å². The minimum Gasteiger partial charge on any atom is -0.284 e. The van der Waals surface area contributed by atoms with Gasteiger partial charge in [0.05, 0.1) is 22.6 Å². The van der Waals surface area contributed by atoms with Gasteiger partial charge in [-0.1, -0.05) is 42.5 Å². The molecule has 0 amide bonds. The quantitative estimate of drug-likeness (QED) is 0.307. The first-order valence-corrected chi connectivity index (χ1v) is 10.8. The summed E-state index contributed by atoms with van der Waals surface area (Å²) >= 11 is 0. The molecular formula is C27H21F2N5. The Balaban J connectivity index is 1.54. The van der Waals surface area contributed by atoms with Crippen molar-refractivity contribution >= 4 is 0 Å². The Kier molecular flexibility index (Phi) is 5.45. The number of pyridine rings is 3. The monoisotopic (exact) mass is 453 g/mol. The summed E-state index contributed by atoms with van der Waals surface area (Å²) in [6.45, 7) is 4.02. The highest BCUT2D eigenvalue weighted by Gasteiger charge is 2.27. The van der Waals surface area contributed by atoms with Gasteiger partial charge in [0.25, 0.3) is 0 Å². The molecule has 0 fully saturated rings. The molecular weight excluding hydrogens is 432 g/mol. The van der Waals surface area contributed by atoms with E-state index in [0.29, 0.717) is 11.4 Å². The van der Waals surface area contributed by atoms with Crippen molar-refractivity contribution in [2.24, 2.45) is 0 Å². The van der Waals surface area contributed by atoms with Crippen LogP contribution in [-0.4, -0.2) is 24.5 Å². The predicted octanol–water partition coefficient (Wildman–Crippen LogP) is 6.00. The summed E-state index contributed by atoms with van der Waals surface area (Å²) in [5.41, 5.74) is 2.42. The van der Waals surface area contributed by atoms with Crippen LogP contribution in [0.1, 0.15) is 25.2 Å². The second-order valence-corrected chi connectivity index (χ2v) is 8.37. The van der Waals surface area contributed by atoms with E-state index in [1.807, 2.05) is 79.2 Å². The zero-order chi connectivity index (χ0) is 23.7. The van der Waals surface area contributed by atoms with Crippen LogP contribution < -0.4 is 0 Å². The molecule has 5 nitrogen and oxygen atoms in total. The second-order valence-electron chi connectivity index (χ2n) is 8.37. The third-order valence-electron chi connectivity index (χ3n) is 5.77. The summed E-state index contributed by atoms with van der Waals surface area (Å²) in [5.74, 6) is -0.237. The maximum atomic E-state index is 14.3. The first kappa shape index (κ1) is 21.6. The number of hydrogen-bond acceptors (Lipinski definition) is 4. The number of halogens is 2. The van der Waals surface area contributed by atoms with Gasteiger partial charge in [0, 0.05) is 23.4 Å². The molecule has 7 heteroatoms. The van der Waals surface area contributed by atoms with Crippen molar-refractivity contribution in [3.63, 3.8) is 0 Å². The molecule has 0 atom stereocenters. The molecule has 0 bridgehead atoms. The maximum absolute atomic E-state index is 14.3. The molecule has 0 saturated heterocycles. The van der Waals surface area contributed by atoms with Crippen LogP contribution in [0.5, 0.6) is 0 Å². The molecule has 1 aromatic carbocycles. The van der Waals surface area contributed by atoms with Crippen LogP contribution in [0.15, 0.2) is 91.3 Å². The molecule has 0 N–H and O–H groups in total. The molecule has 0 saturated carbocycles. The highest BCUT2D eigenvalue weighted by Crippen LogP contribution is 2.32. The van der Waals surface area contributed by atoms with Crippen LogP contribution in [-0.2, 0) is 5.41 Å². The fourth-order valence-electron chi connectivity index (χ4n) is 3.86. The fraction of sp³-hybridized carbons (Fsp3) is 0.111. The van der Waals surface area contributed by atoms with E-state index in [0.717, 1.165) is 29.0 Å². The standard InChI is InChI=1S/C27H21F2N5/c1-27(2,21-11-6-10-20(31-21)19-14-15-23(28)33-25(19)29)22-12-7-13-24(32-22)34-17-16-30-26(34)18-8-4-3-5-9-18/h3-17H,1-2H3. The molecule has 0 radical (unpaired) electrons. The molecule has 5 rings (SSSR count). The van der Waals surface area contributed by atoms with Crippen molar-refractivity contribution in [3.8, 4) is 28.5 Å². The zero-order valence-corrected chi connectivity index (χ0v) is 18.7. The summed E-state index contributed by atoms with van der Waals surface area (Å²) < 4.78 is 29.5. The highest BCUT2D eigenvalue weighted by atomic mass is 19.1. The van der Waals surface area contributed by atoms with Gasteiger partial charge in [-0.15, -0.1) is 0 Å². The van der Waals surface area contributed by atoms with Crippen LogP contribution in [0.4, 0.5) is 8.78 Å². The van der Waals surface area contributed by atoms with Crippen molar-refractivity contribution in [2.75, 3.05) is 0 Å². The van der Waals surface area contributed by atoms with Crippen molar-refractivity contribution in [1.29, 1.82) is 0 Å². The highest BCUT2D eigenvalue weighted by molar-refractivity contribution is 5.59. The summed E-state index contributed by atoms with van der Waals surface area (Å²) in [4.78, 5) is 17.4. The van der Waals surface area contributed by atoms with Gasteiger partial charge in [-0.3, -0.25) is 9.55 Å². The van der Waals surface area contributed by atoms with Gasteiger partial charge in [0.1, 0.15) is 11.6 Å². The van der Waals surface area contributed by atoms with E-state index < -0.39 is 17.3 Å². The first-order chi connectivity index (χ1) is 16.4. The third kappa shape index (κ3) is 3.96. The number of benzene rings is 1. The van der Waals surface area contributed by atoms with Gasteiger partial charge < -0.3 is 0 Å². The second kappa shape index (κ2) is 8.59. The smallest absolute Gasteiger partial charge is 0.224 e. The summed E-state index contributed by atoms with van der Waals surface area (Å²) in [5, 5.41) is 0. The lowest BCUT2D eigenvalue weighted by Gasteiger charge is -2.25.